The Morgan fingerprint density at radius 2 is 2.11 bits per heavy atom. The largest absolute Gasteiger partial charge is 0.308 e. The summed E-state index contributed by atoms with van der Waals surface area (Å²) in [7, 11) is 3.82. The van der Waals surface area contributed by atoms with Gasteiger partial charge in [-0.1, -0.05) is 21.1 Å². The third kappa shape index (κ3) is 2.78. The molecule has 1 aromatic carbocycles. The molecule has 0 radical (unpaired) electrons. The van der Waals surface area contributed by atoms with Gasteiger partial charge in [-0.25, -0.2) is 4.68 Å². The van der Waals surface area contributed by atoms with Crippen molar-refractivity contribution in [2.24, 2.45) is 7.05 Å². The Balaban J connectivity index is 2.55. The molecule has 18 heavy (non-hydrogen) atoms. The first-order valence-electron chi connectivity index (χ1n) is 5.22. The van der Waals surface area contributed by atoms with Gasteiger partial charge in [0, 0.05) is 15.1 Å². The average Bonchev–Trinajstić information content (AvgIpc) is 2.66. The molecule has 1 unspecified atom stereocenters. The average molecular weight is 486 g/mol. The first-order valence-corrected chi connectivity index (χ1v) is 7.88. The van der Waals surface area contributed by atoms with Crippen LogP contribution in [0.2, 0.25) is 0 Å². The summed E-state index contributed by atoms with van der Waals surface area (Å²) >= 11 is 9.30. The molecule has 4 nitrogen and oxygen atoms in total. The Hall–Kier alpha value is 0.01000. The number of hydrogen-bond donors (Lipinski definition) is 1. The Labute approximate surface area is 136 Å². The van der Waals surface area contributed by atoms with Crippen molar-refractivity contribution in [1.82, 2.24) is 20.3 Å². The van der Waals surface area contributed by atoms with E-state index in [1.54, 1.807) is 4.68 Å². The lowest BCUT2D eigenvalue weighted by atomic mass is 10.0. The van der Waals surface area contributed by atoms with E-state index in [1.807, 2.05) is 20.2 Å². The van der Waals surface area contributed by atoms with Crippen LogP contribution in [0.15, 0.2) is 27.3 Å². The summed E-state index contributed by atoms with van der Waals surface area (Å²) in [5, 5.41) is 11.4. The number of nitrogens with one attached hydrogen (secondary N) is 1. The van der Waals surface area contributed by atoms with E-state index in [0.29, 0.717) is 0 Å². The number of aromatic nitrogens is 3. The van der Waals surface area contributed by atoms with Gasteiger partial charge in [0.1, 0.15) is 0 Å². The van der Waals surface area contributed by atoms with Crippen molar-refractivity contribution in [1.29, 1.82) is 0 Å². The van der Waals surface area contributed by atoms with Gasteiger partial charge >= 0.3 is 0 Å². The van der Waals surface area contributed by atoms with E-state index in [-0.39, 0.29) is 6.04 Å². The first-order chi connectivity index (χ1) is 8.54. The molecule has 2 aromatic rings. The summed E-state index contributed by atoms with van der Waals surface area (Å²) in [5.41, 5.74) is 2.20. The summed E-state index contributed by atoms with van der Waals surface area (Å²) in [5.74, 6) is 0. The minimum atomic E-state index is 0.0452. The minimum absolute atomic E-state index is 0.0452. The summed E-state index contributed by atoms with van der Waals surface area (Å²) in [6, 6.07) is 6.28. The quantitative estimate of drug-likeness (QED) is 0.679. The molecular weight excluding hydrogens is 475 g/mol. The van der Waals surface area contributed by atoms with E-state index in [1.165, 1.54) is 9.13 Å². The standard InChI is InChI=1S/C11H11Br2IN4/c1-15-9(10-11(13)16-17-18(10)2)7-5-6(12)3-4-8(7)14/h3-5,9,15H,1-2H3. The zero-order chi connectivity index (χ0) is 13.3. The van der Waals surface area contributed by atoms with Gasteiger partial charge in [0.15, 0.2) is 4.60 Å². The Kier molecular flexibility index (Phi) is 4.79. The lowest BCUT2D eigenvalue weighted by Crippen LogP contribution is -2.22. The number of halogens is 3. The van der Waals surface area contributed by atoms with E-state index >= 15 is 0 Å². The van der Waals surface area contributed by atoms with Crippen LogP contribution in [0.3, 0.4) is 0 Å². The molecule has 7 heteroatoms. The van der Waals surface area contributed by atoms with Crippen LogP contribution in [-0.4, -0.2) is 22.0 Å². The highest BCUT2D eigenvalue weighted by atomic mass is 127. The van der Waals surface area contributed by atoms with Crippen molar-refractivity contribution >= 4 is 54.5 Å². The molecule has 0 fully saturated rings. The molecule has 0 bridgehead atoms. The van der Waals surface area contributed by atoms with Gasteiger partial charge in [-0.15, -0.1) is 5.10 Å². The minimum Gasteiger partial charge on any atom is -0.308 e. The van der Waals surface area contributed by atoms with Crippen LogP contribution in [0.5, 0.6) is 0 Å². The molecular formula is C11H11Br2IN4. The van der Waals surface area contributed by atoms with Crippen molar-refractivity contribution in [3.63, 3.8) is 0 Å². The highest BCUT2D eigenvalue weighted by molar-refractivity contribution is 14.1. The second-order valence-electron chi connectivity index (χ2n) is 3.78. The van der Waals surface area contributed by atoms with E-state index in [4.69, 9.17) is 0 Å². The van der Waals surface area contributed by atoms with Crippen molar-refractivity contribution in [2.45, 2.75) is 6.04 Å². The molecule has 1 heterocycles. The van der Waals surface area contributed by atoms with Crippen molar-refractivity contribution < 1.29 is 0 Å². The van der Waals surface area contributed by atoms with Gasteiger partial charge in [-0.2, -0.15) is 0 Å². The summed E-state index contributed by atoms with van der Waals surface area (Å²) < 4.78 is 4.80. The summed E-state index contributed by atoms with van der Waals surface area (Å²) in [4.78, 5) is 0. The second-order valence-corrected chi connectivity index (χ2v) is 6.61. The number of nitrogens with zero attached hydrogens (tertiary/aromatic N) is 3. The van der Waals surface area contributed by atoms with Crippen LogP contribution < -0.4 is 5.32 Å². The first kappa shape index (κ1) is 14.4. The monoisotopic (exact) mass is 484 g/mol. The van der Waals surface area contributed by atoms with Crippen LogP contribution >= 0.6 is 54.5 Å². The molecule has 0 saturated carbocycles. The lowest BCUT2D eigenvalue weighted by Gasteiger charge is -2.18. The molecule has 0 aliphatic carbocycles. The molecule has 1 aromatic heterocycles. The summed E-state index contributed by atoms with van der Waals surface area (Å²) in [6.07, 6.45) is 0. The fourth-order valence-electron chi connectivity index (χ4n) is 1.82. The molecule has 1 atom stereocenters. The molecule has 1 N–H and O–H groups in total. The topological polar surface area (TPSA) is 42.7 Å². The van der Waals surface area contributed by atoms with Crippen molar-refractivity contribution in [3.05, 3.63) is 42.1 Å². The molecule has 0 aliphatic rings. The smallest absolute Gasteiger partial charge is 0.153 e. The SMILES string of the molecule is CNC(c1cc(Br)ccc1I)c1c(Br)nnn1C. The zero-order valence-electron chi connectivity index (χ0n) is 9.78. The fourth-order valence-corrected chi connectivity index (χ4v) is 3.40. The van der Waals surface area contributed by atoms with Crippen LogP contribution in [-0.2, 0) is 7.05 Å². The van der Waals surface area contributed by atoms with Gasteiger partial charge < -0.3 is 5.32 Å². The predicted octanol–water partition coefficient (Wildman–Crippen LogP) is 3.25. The van der Waals surface area contributed by atoms with Crippen molar-refractivity contribution in [3.8, 4) is 0 Å². The van der Waals surface area contributed by atoms with Crippen LogP contribution in [0, 0.1) is 3.57 Å². The number of rotatable bonds is 3. The number of hydrogen-bond acceptors (Lipinski definition) is 3. The van der Waals surface area contributed by atoms with Gasteiger partial charge in [0.2, 0.25) is 0 Å². The van der Waals surface area contributed by atoms with Gasteiger partial charge in [-0.3, -0.25) is 0 Å². The number of aryl methyl sites for hydroxylation is 1. The van der Waals surface area contributed by atoms with Crippen LogP contribution in [0.1, 0.15) is 17.3 Å². The molecule has 0 aliphatic heterocycles. The second kappa shape index (κ2) is 5.98. The summed E-state index contributed by atoms with van der Waals surface area (Å²) in [6.45, 7) is 0. The Morgan fingerprint density at radius 1 is 1.39 bits per heavy atom. The molecule has 0 spiro atoms. The normalized spacial score (nSPS) is 12.7. The van der Waals surface area contributed by atoms with E-state index in [0.717, 1.165) is 14.8 Å². The van der Waals surface area contributed by atoms with Gasteiger partial charge in [0.05, 0.1) is 11.7 Å². The van der Waals surface area contributed by atoms with Crippen LogP contribution in [0.25, 0.3) is 0 Å². The van der Waals surface area contributed by atoms with E-state index in [9.17, 15) is 0 Å². The highest BCUT2D eigenvalue weighted by Crippen LogP contribution is 2.31. The Morgan fingerprint density at radius 3 is 2.67 bits per heavy atom. The van der Waals surface area contributed by atoms with Crippen LogP contribution in [0.4, 0.5) is 0 Å². The molecule has 0 saturated heterocycles. The Bertz CT molecular complexity index is 551. The zero-order valence-corrected chi connectivity index (χ0v) is 15.1. The molecule has 0 amide bonds. The number of benzene rings is 1. The maximum Gasteiger partial charge on any atom is 0.153 e. The van der Waals surface area contributed by atoms with E-state index in [2.05, 4.69) is 82.2 Å². The third-order valence-electron chi connectivity index (χ3n) is 2.66. The predicted molar refractivity (Wildman–Crippen MR) is 86.5 cm³/mol. The van der Waals surface area contributed by atoms with Gasteiger partial charge in [-0.05, 0) is 69.3 Å². The third-order valence-corrected chi connectivity index (χ3v) is 4.70. The van der Waals surface area contributed by atoms with E-state index < -0.39 is 0 Å². The highest BCUT2D eigenvalue weighted by Gasteiger charge is 2.22. The molecule has 96 valence electrons. The maximum atomic E-state index is 4.04. The van der Waals surface area contributed by atoms with Gasteiger partial charge in [0.25, 0.3) is 0 Å². The maximum absolute atomic E-state index is 4.04. The fraction of sp³-hybridized carbons (Fsp3) is 0.273. The molecule has 2 rings (SSSR count). The lowest BCUT2D eigenvalue weighted by molar-refractivity contribution is 0.595. The van der Waals surface area contributed by atoms with Crippen molar-refractivity contribution in [2.75, 3.05) is 7.05 Å².